The Labute approximate surface area is 149 Å². The minimum absolute atomic E-state index is 0.0251. The molecule has 0 saturated heterocycles. The van der Waals surface area contributed by atoms with E-state index in [1.165, 1.54) is 19.9 Å². The molecule has 1 aromatic carbocycles. The maximum atomic E-state index is 14.1. The smallest absolute Gasteiger partial charge is 0.250 e. The van der Waals surface area contributed by atoms with Crippen LogP contribution in [0.4, 0.5) is 19.1 Å². The number of hydrogen-bond donors (Lipinski definition) is 2. The molecule has 1 heterocycles. The van der Waals surface area contributed by atoms with Crippen LogP contribution in [0.2, 0.25) is 0 Å². The summed E-state index contributed by atoms with van der Waals surface area (Å²) in [6.07, 6.45) is 2.26. The van der Waals surface area contributed by atoms with Gasteiger partial charge < -0.3 is 9.67 Å². The summed E-state index contributed by atoms with van der Waals surface area (Å²) in [6, 6.07) is 2.37. The molecule has 0 unspecified atom stereocenters. The molecule has 0 bridgehead atoms. The van der Waals surface area contributed by atoms with E-state index >= 15 is 0 Å². The second-order valence-electron chi connectivity index (χ2n) is 7.68. The molecule has 1 amide bonds. The van der Waals surface area contributed by atoms with E-state index in [4.69, 9.17) is 0 Å². The maximum Gasteiger partial charge on any atom is 0.250 e. The zero-order valence-corrected chi connectivity index (χ0v) is 14.9. The summed E-state index contributed by atoms with van der Waals surface area (Å²) < 4.78 is 43.1. The SMILES string of the molecule is CC(F)(F)C(C)(C)CC(=O)Nc1nc2c(F)cc(O)cc2n1C1CCC1. The van der Waals surface area contributed by atoms with E-state index in [9.17, 15) is 23.1 Å². The highest BCUT2D eigenvalue weighted by atomic mass is 19.3. The fourth-order valence-electron chi connectivity index (χ4n) is 2.97. The first-order valence-electron chi connectivity index (χ1n) is 8.58. The third-order valence-corrected chi connectivity index (χ3v) is 5.22. The molecule has 8 heteroatoms. The van der Waals surface area contributed by atoms with Crippen molar-refractivity contribution >= 4 is 22.9 Å². The zero-order valence-electron chi connectivity index (χ0n) is 14.9. The topological polar surface area (TPSA) is 67.2 Å². The Morgan fingerprint density at radius 2 is 2.00 bits per heavy atom. The Kier molecular flexibility index (Phi) is 4.40. The van der Waals surface area contributed by atoms with Crippen molar-refractivity contribution in [2.75, 3.05) is 5.32 Å². The molecule has 0 aliphatic heterocycles. The summed E-state index contributed by atoms with van der Waals surface area (Å²) in [5.41, 5.74) is -1.12. The van der Waals surface area contributed by atoms with E-state index in [0.717, 1.165) is 32.3 Å². The number of alkyl halides is 2. The molecule has 5 nitrogen and oxygen atoms in total. The summed E-state index contributed by atoms with van der Waals surface area (Å²) >= 11 is 0. The quantitative estimate of drug-likeness (QED) is 0.808. The average Bonchev–Trinajstić information content (AvgIpc) is 2.74. The normalized spacial score (nSPS) is 15.9. The molecule has 0 radical (unpaired) electrons. The van der Waals surface area contributed by atoms with Gasteiger partial charge in [-0.3, -0.25) is 10.1 Å². The number of carbonyl (C=O) groups excluding carboxylic acids is 1. The lowest BCUT2D eigenvalue weighted by Gasteiger charge is -2.31. The lowest BCUT2D eigenvalue weighted by Crippen LogP contribution is -2.37. The molecule has 1 saturated carbocycles. The lowest BCUT2D eigenvalue weighted by molar-refractivity contribution is -0.129. The van der Waals surface area contributed by atoms with Gasteiger partial charge in [0.25, 0.3) is 5.92 Å². The van der Waals surface area contributed by atoms with Crippen LogP contribution < -0.4 is 5.32 Å². The van der Waals surface area contributed by atoms with Crippen molar-refractivity contribution in [3.8, 4) is 5.75 Å². The fraction of sp³-hybridized carbons (Fsp3) is 0.556. The first kappa shape index (κ1) is 18.5. The van der Waals surface area contributed by atoms with Gasteiger partial charge in [-0.25, -0.2) is 18.2 Å². The maximum absolute atomic E-state index is 14.1. The van der Waals surface area contributed by atoms with E-state index in [1.54, 1.807) is 4.57 Å². The van der Waals surface area contributed by atoms with Crippen LogP contribution in [-0.2, 0) is 4.79 Å². The number of nitrogens with zero attached hydrogens (tertiary/aromatic N) is 2. The number of carbonyl (C=O) groups is 1. The van der Waals surface area contributed by atoms with Crippen LogP contribution in [0, 0.1) is 11.2 Å². The van der Waals surface area contributed by atoms with Gasteiger partial charge in [-0.15, -0.1) is 0 Å². The van der Waals surface area contributed by atoms with Crippen LogP contribution >= 0.6 is 0 Å². The monoisotopic (exact) mass is 369 g/mol. The van der Waals surface area contributed by atoms with Gasteiger partial charge in [0.15, 0.2) is 5.82 Å². The van der Waals surface area contributed by atoms with Crippen molar-refractivity contribution in [3.63, 3.8) is 0 Å². The van der Waals surface area contributed by atoms with E-state index < -0.39 is 29.5 Å². The molecule has 142 valence electrons. The van der Waals surface area contributed by atoms with Gasteiger partial charge >= 0.3 is 0 Å². The van der Waals surface area contributed by atoms with Crippen LogP contribution in [0.15, 0.2) is 12.1 Å². The second-order valence-corrected chi connectivity index (χ2v) is 7.68. The third-order valence-electron chi connectivity index (χ3n) is 5.22. The number of phenolic OH excluding ortho intramolecular Hbond substituents is 1. The highest BCUT2D eigenvalue weighted by Crippen LogP contribution is 2.40. The van der Waals surface area contributed by atoms with E-state index in [1.807, 2.05) is 0 Å². The summed E-state index contributed by atoms with van der Waals surface area (Å²) in [6.45, 7) is 3.42. The number of imidazole rings is 1. The summed E-state index contributed by atoms with van der Waals surface area (Å²) in [5.74, 6) is -4.46. The standard InChI is InChI=1S/C18H22F3N3O2/c1-17(2,18(3,20)21)9-14(26)22-16-23-15-12(19)7-11(25)8-13(15)24(16)10-5-4-6-10/h7-8,10,25H,4-6,9H2,1-3H3,(H,22,23,26). The number of hydrogen-bond acceptors (Lipinski definition) is 3. The lowest BCUT2D eigenvalue weighted by atomic mass is 9.83. The molecule has 3 rings (SSSR count). The Morgan fingerprint density at radius 3 is 2.54 bits per heavy atom. The van der Waals surface area contributed by atoms with Crippen molar-refractivity contribution in [2.24, 2.45) is 5.41 Å². The molecular weight excluding hydrogens is 347 g/mol. The average molecular weight is 369 g/mol. The van der Waals surface area contributed by atoms with Crippen molar-refractivity contribution in [2.45, 2.75) is 58.4 Å². The predicted octanol–water partition coefficient (Wildman–Crippen LogP) is 4.62. The summed E-state index contributed by atoms with van der Waals surface area (Å²) in [7, 11) is 0. The number of aromatic hydroxyl groups is 1. The molecule has 1 aromatic heterocycles. The molecule has 26 heavy (non-hydrogen) atoms. The van der Waals surface area contributed by atoms with Crippen LogP contribution in [-0.4, -0.2) is 26.5 Å². The van der Waals surface area contributed by atoms with Crippen LogP contribution in [0.5, 0.6) is 5.75 Å². The number of anilines is 1. The van der Waals surface area contributed by atoms with Crippen molar-refractivity contribution < 1.29 is 23.1 Å². The number of amides is 1. The number of aromatic nitrogens is 2. The molecule has 1 fully saturated rings. The van der Waals surface area contributed by atoms with Gasteiger partial charge in [0.2, 0.25) is 11.9 Å². The predicted molar refractivity (Wildman–Crippen MR) is 91.9 cm³/mol. The van der Waals surface area contributed by atoms with Gasteiger partial charge in [-0.05, 0) is 26.2 Å². The summed E-state index contributed by atoms with van der Waals surface area (Å²) in [5, 5.41) is 12.2. The number of phenols is 1. The van der Waals surface area contributed by atoms with Crippen molar-refractivity contribution in [1.29, 1.82) is 0 Å². The number of halogens is 3. The zero-order chi connectivity index (χ0) is 19.3. The molecule has 0 spiro atoms. The fourth-order valence-corrected chi connectivity index (χ4v) is 2.97. The Morgan fingerprint density at radius 1 is 1.35 bits per heavy atom. The van der Waals surface area contributed by atoms with Gasteiger partial charge in [0.05, 0.1) is 5.52 Å². The van der Waals surface area contributed by atoms with Crippen LogP contribution in [0.3, 0.4) is 0 Å². The number of fused-ring (bicyclic) bond motifs is 1. The second kappa shape index (κ2) is 6.17. The molecule has 1 aliphatic carbocycles. The first-order chi connectivity index (χ1) is 12.0. The number of nitrogens with one attached hydrogen (secondary N) is 1. The highest BCUT2D eigenvalue weighted by molar-refractivity contribution is 5.92. The number of rotatable bonds is 5. The first-order valence-corrected chi connectivity index (χ1v) is 8.58. The third kappa shape index (κ3) is 3.24. The van der Waals surface area contributed by atoms with Gasteiger partial charge in [-0.2, -0.15) is 0 Å². The minimum atomic E-state index is -3.03. The molecule has 1 aliphatic rings. The highest BCUT2D eigenvalue weighted by Gasteiger charge is 2.43. The Balaban J connectivity index is 1.95. The summed E-state index contributed by atoms with van der Waals surface area (Å²) in [4.78, 5) is 16.5. The van der Waals surface area contributed by atoms with Gasteiger partial charge in [-0.1, -0.05) is 13.8 Å². The molecule has 0 atom stereocenters. The van der Waals surface area contributed by atoms with Crippen LogP contribution in [0.1, 0.15) is 52.5 Å². The molecule has 2 N–H and O–H groups in total. The van der Waals surface area contributed by atoms with Gasteiger partial charge in [0, 0.05) is 30.0 Å². The van der Waals surface area contributed by atoms with Crippen molar-refractivity contribution in [1.82, 2.24) is 9.55 Å². The number of benzene rings is 1. The largest absolute Gasteiger partial charge is 0.508 e. The minimum Gasteiger partial charge on any atom is -0.508 e. The molecular formula is C18H22F3N3O2. The molecule has 2 aromatic rings. The van der Waals surface area contributed by atoms with Crippen LogP contribution in [0.25, 0.3) is 11.0 Å². The van der Waals surface area contributed by atoms with Crippen molar-refractivity contribution in [3.05, 3.63) is 17.9 Å². The van der Waals surface area contributed by atoms with E-state index in [0.29, 0.717) is 5.52 Å². The van der Waals surface area contributed by atoms with E-state index in [2.05, 4.69) is 10.3 Å². The van der Waals surface area contributed by atoms with Gasteiger partial charge in [0.1, 0.15) is 11.3 Å². The Bertz CT molecular complexity index is 851. The van der Waals surface area contributed by atoms with E-state index in [-0.39, 0.29) is 23.3 Å². The Hall–Kier alpha value is -2.25.